The molecule has 1 aliphatic carbocycles. The number of aliphatic imine (C=N–C) groups is 1. The van der Waals surface area contributed by atoms with Crippen molar-refractivity contribution < 1.29 is 9.18 Å². The molecular formula is C14H11FN2O. The van der Waals surface area contributed by atoms with Gasteiger partial charge in [-0.3, -0.25) is 9.79 Å². The number of aromatic amines is 1. The predicted molar refractivity (Wildman–Crippen MR) is 66.9 cm³/mol. The quantitative estimate of drug-likeness (QED) is 0.758. The Labute approximate surface area is 103 Å². The summed E-state index contributed by atoms with van der Waals surface area (Å²) in [4.78, 5) is 19.7. The summed E-state index contributed by atoms with van der Waals surface area (Å²) >= 11 is 0. The van der Waals surface area contributed by atoms with E-state index in [-0.39, 0.29) is 18.1 Å². The lowest BCUT2D eigenvalue weighted by atomic mass is 9.92. The van der Waals surface area contributed by atoms with Gasteiger partial charge < -0.3 is 4.98 Å². The fourth-order valence-corrected chi connectivity index (χ4v) is 3.04. The summed E-state index contributed by atoms with van der Waals surface area (Å²) in [6.45, 7) is 0.141. The number of benzene rings is 1. The first kappa shape index (κ1) is 10.00. The molecule has 90 valence electrons. The molecule has 2 aromatic rings. The van der Waals surface area contributed by atoms with Crippen LogP contribution in [0.4, 0.5) is 4.39 Å². The molecule has 0 amide bonds. The number of halogens is 1. The summed E-state index contributed by atoms with van der Waals surface area (Å²) < 4.78 is 13.6. The second-order valence-electron chi connectivity index (χ2n) is 4.89. The molecule has 0 unspecified atom stereocenters. The van der Waals surface area contributed by atoms with Crippen LogP contribution in [0.3, 0.4) is 0 Å². The topological polar surface area (TPSA) is 45.2 Å². The Bertz CT molecular complexity index is 727. The number of Topliss-reactive ketones (excluding diaryl/α,β-unsaturated/α-hetero) is 1. The maximum Gasteiger partial charge on any atom is 0.185 e. The molecule has 0 fully saturated rings. The minimum Gasteiger partial charge on any atom is -0.358 e. The predicted octanol–water partition coefficient (Wildman–Crippen LogP) is 2.63. The zero-order valence-electron chi connectivity index (χ0n) is 9.72. The smallest absolute Gasteiger partial charge is 0.185 e. The number of nitrogens with one attached hydrogen (secondary N) is 1. The molecule has 4 heteroatoms. The van der Waals surface area contributed by atoms with E-state index in [2.05, 4.69) is 9.98 Å². The molecule has 1 N–H and O–H groups in total. The van der Waals surface area contributed by atoms with Crippen LogP contribution in [0.15, 0.2) is 17.1 Å². The van der Waals surface area contributed by atoms with Crippen LogP contribution >= 0.6 is 0 Å². The molecular weight excluding hydrogens is 231 g/mol. The van der Waals surface area contributed by atoms with Crippen molar-refractivity contribution in [2.75, 3.05) is 6.54 Å². The number of hydrogen-bond donors (Lipinski definition) is 1. The third kappa shape index (κ3) is 1.17. The fraction of sp³-hybridized carbons (Fsp3) is 0.286. The van der Waals surface area contributed by atoms with Gasteiger partial charge in [-0.15, -0.1) is 0 Å². The Morgan fingerprint density at radius 2 is 2.17 bits per heavy atom. The van der Waals surface area contributed by atoms with Gasteiger partial charge in [-0.2, -0.15) is 0 Å². The number of nitrogens with zero attached hydrogens (tertiary/aromatic N) is 1. The van der Waals surface area contributed by atoms with E-state index >= 15 is 0 Å². The van der Waals surface area contributed by atoms with Gasteiger partial charge >= 0.3 is 0 Å². The lowest BCUT2D eigenvalue weighted by Gasteiger charge is -2.13. The second-order valence-corrected chi connectivity index (χ2v) is 4.89. The van der Waals surface area contributed by atoms with E-state index in [0.717, 1.165) is 47.1 Å². The van der Waals surface area contributed by atoms with Crippen molar-refractivity contribution in [3.05, 3.63) is 34.8 Å². The van der Waals surface area contributed by atoms with Gasteiger partial charge in [0, 0.05) is 33.4 Å². The van der Waals surface area contributed by atoms with Crippen molar-refractivity contribution in [2.45, 2.75) is 19.3 Å². The van der Waals surface area contributed by atoms with Gasteiger partial charge in [0.15, 0.2) is 5.78 Å². The summed E-state index contributed by atoms with van der Waals surface area (Å²) in [5.41, 5.74) is 4.35. The normalized spacial score (nSPS) is 17.8. The van der Waals surface area contributed by atoms with E-state index in [1.165, 1.54) is 12.1 Å². The van der Waals surface area contributed by atoms with Crippen LogP contribution in [-0.2, 0) is 6.42 Å². The molecule has 4 rings (SSSR count). The van der Waals surface area contributed by atoms with Gasteiger partial charge in [0.1, 0.15) is 12.4 Å². The third-order valence-corrected chi connectivity index (χ3v) is 3.78. The number of H-pyrrole nitrogens is 1. The largest absolute Gasteiger partial charge is 0.358 e. The number of rotatable bonds is 0. The Morgan fingerprint density at radius 3 is 3.06 bits per heavy atom. The van der Waals surface area contributed by atoms with Crippen LogP contribution in [0.1, 0.15) is 34.5 Å². The van der Waals surface area contributed by atoms with E-state index in [0.29, 0.717) is 5.56 Å². The lowest BCUT2D eigenvalue weighted by Crippen LogP contribution is -2.10. The minimum absolute atomic E-state index is 0.0943. The number of carbonyl (C=O) groups is 1. The van der Waals surface area contributed by atoms with E-state index in [1.54, 1.807) is 0 Å². The minimum atomic E-state index is -0.368. The third-order valence-electron chi connectivity index (χ3n) is 3.78. The molecule has 0 saturated carbocycles. The zero-order chi connectivity index (χ0) is 12.3. The van der Waals surface area contributed by atoms with Crippen molar-refractivity contribution in [2.24, 2.45) is 4.99 Å². The first-order valence-corrected chi connectivity index (χ1v) is 6.15. The van der Waals surface area contributed by atoms with Gasteiger partial charge in [0.05, 0.1) is 0 Å². The molecule has 0 spiro atoms. The molecule has 1 aromatic heterocycles. The average molecular weight is 242 g/mol. The molecule has 1 aromatic carbocycles. The SMILES string of the molecule is O=C1CN=C2CCCc3[nH]c4cc(F)cc1c4c32. The zero-order valence-corrected chi connectivity index (χ0v) is 9.72. The Morgan fingerprint density at radius 1 is 1.28 bits per heavy atom. The van der Waals surface area contributed by atoms with Crippen molar-refractivity contribution >= 4 is 22.4 Å². The molecule has 18 heavy (non-hydrogen) atoms. The van der Waals surface area contributed by atoms with E-state index in [1.807, 2.05) is 0 Å². The van der Waals surface area contributed by atoms with Gasteiger partial charge in [-0.05, 0) is 31.4 Å². The standard InChI is InChI=1S/C14H11FN2O/c15-7-4-8-12(18)6-16-9-2-1-3-10-14(9)13(8)11(5-7)17-10/h4-5,17H,1-3,6H2. The molecule has 2 aliphatic rings. The Kier molecular flexibility index (Phi) is 1.82. The highest BCUT2D eigenvalue weighted by atomic mass is 19.1. The summed E-state index contributed by atoms with van der Waals surface area (Å²) in [6.07, 6.45) is 2.88. The molecule has 2 heterocycles. The van der Waals surface area contributed by atoms with Gasteiger partial charge in [-0.1, -0.05) is 0 Å². The van der Waals surface area contributed by atoms with Crippen molar-refractivity contribution in [3.8, 4) is 0 Å². The van der Waals surface area contributed by atoms with Crippen LogP contribution < -0.4 is 0 Å². The van der Waals surface area contributed by atoms with E-state index < -0.39 is 0 Å². The van der Waals surface area contributed by atoms with Crippen LogP contribution in [0.5, 0.6) is 0 Å². The monoisotopic (exact) mass is 242 g/mol. The molecule has 1 aliphatic heterocycles. The Balaban J connectivity index is 2.22. The lowest BCUT2D eigenvalue weighted by molar-refractivity contribution is 0.100. The van der Waals surface area contributed by atoms with Gasteiger partial charge in [0.25, 0.3) is 0 Å². The van der Waals surface area contributed by atoms with E-state index in [4.69, 9.17) is 0 Å². The highest BCUT2D eigenvalue weighted by molar-refractivity contribution is 6.21. The number of carbonyl (C=O) groups excluding carboxylic acids is 1. The maximum atomic E-state index is 13.6. The van der Waals surface area contributed by atoms with Crippen molar-refractivity contribution in [1.29, 1.82) is 0 Å². The number of hydrogen-bond acceptors (Lipinski definition) is 2. The first-order valence-electron chi connectivity index (χ1n) is 6.15. The van der Waals surface area contributed by atoms with Crippen LogP contribution in [0.2, 0.25) is 0 Å². The van der Waals surface area contributed by atoms with Crippen molar-refractivity contribution in [3.63, 3.8) is 0 Å². The van der Waals surface area contributed by atoms with Crippen molar-refractivity contribution in [1.82, 2.24) is 4.98 Å². The number of aromatic nitrogens is 1. The Hall–Kier alpha value is -1.97. The summed E-state index contributed by atoms with van der Waals surface area (Å²) in [5, 5.41) is 0.868. The highest BCUT2D eigenvalue weighted by Crippen LogP contribution is 2.34. The summed E-state index contributed by atoms with van der Waals surface area (Å²) in [5.74, 6) is -0.462. The van der Waals surface area contributed by atoms with Crippen LogP contribution in [0, 0.1) is 5.82 Å². The summed E-state index contributed by atoms with van der Waals surface area (Å²) in [6, 6.07) is 2.80. The first-order chi connectivity index (χ1) is 8.74. The van der Waals surface area contributed by atoms with Crippen LogP contribution in [0.25, 0.3) is 10.9 Å². The molecule has 3 nitrogen and oxygen atoms in total. The van der Waals surface area contributed by atoms with Crippen LogP contribution in [-0.4, -0.2) is 23.0 Å². The van der Waals surface area contributed by atoms with E-state index in [9.17, 15) is 9.18 Å². The number of ketones is 1. The second kappa shape index (κ2) is 3.28. The highest BCUT2D eigenvalue weighted by Gasteiger charge is 2.27. The molecule has 0 bridgehead atoms. The summed E-state index contributed by atoms with van der Waals surface area (Å²) in [7, 11) is 0. The molecule has 0 atom stereocenters. The number of aryl methyl sites for hydroxylation is 1. The van der Waals surface area contributed by atoms with Gasteiger partial charge in [0.2, 0.25) is 0 Å². The molecule has 0 saturated heterocycles. The molecule has 0 radical (unpaired) electrons. The average Bonchev–Trinajstić information content (AvgIpc) is 2.65. The maximum absolute atomic E-state index is 13.6. The van der Waals surface area contributed by atoms with Gasteiger partial charge in [-0.25, -0.2) is 4.39 Å². The fourth-order valence-electron chi connectivity index (χ4n) is 3.04.